The van der Waals surface area contributed by atoms with Gasteiger partial charge in [0.15, 0.2) is 0 Å². The molecule has 3 heteroatoms. The van der Waals surface area contributed by atoms with Crippen molar-refractivity contribution in [1.29, 1.82) is 0 Å². The molecule has 0 saturated heterocycles. The van der Waals surface area contributed by atoms with Gasteiger partial charge in [-0.25, -0.2) is 0 Å². The second kappa shape index (κ2) is 4.60. The number of hydrogen-bond acceptors (Lipinski definition) is 2. The van der Waals surface area contributed by atoms with Crippen LogP contribution in [-0.4, -0.2) is 24.4 Å². The number of hydrogen-bond donors (Lipinski definition) is 0. The van der Waals surface area contributed by atoms with E-state index in [9.17, 15) is 4.79 Å². The molecule has 0 radical (unpaired) electrons. The van der Waals surface area contributed by atoms with E-state index >= 15 is 0 Å². The van der Waals surface area contributed by atoms with Crippen LogP contribution < -0.4 is 0 Å². The Morgan fingerprint density at radius 3 is 2.71 bits per heavy atom. The Balaban J connectivity index is 2.95. The zero-order valence-electron chi connectivity index (χ0n) is 9.20. The van der Waals surface area contributed by atoms with Gasteiger partial charge < -0.3 is 4.90 Å². The lowest BCUT2D eigenvalue weighted by molar-refractivity contribution is 0.0806. The van der Waals surface area contributed by atoms with E-state index in [4.69, 9.17) is 0 Å². The van der Waals surface area contributed by atoms with E-state index in [1.165, 1.54) is 16.9 Å². The number of carbonyl (C=O) groups is 1. The van der Waals surface area contributed by atoms with Crippen molar-refractivity contribution < 1.29 is 4.79 Å². The maximum atomic E-state index is 11.9. The van der Waals surface area contributed by atoms with Gasteiger partial charge in [0, 0.05) is 13.6 Å². The van der Waals surface area contributed by atoms with Crippen LogP contribution in [0.1, 0.15) is 41.9 Å². The van der Waals surface area contributed by atoms with Crippen LogP contribution in [0.3, 0.4) is 0 Å². The highest BCUT2D eigenvalue weighted by Crippen LogP contribution is 2.25. The van der Waals surface area contributed by atoms with Crippen molar-refractivity contribution in [2.24, 2.45) is 0 Å². The first kappa shape index (κ1) is 11.2. The lowest BCUT2D eigenvalue weighted by Crippen LogP contribution is -2.26. The van der Waals surface area contributed by atoms with Crippen LogP contribution in [0, 0.1) is 0 Å². The second-order valence-corrected chi connectivity index (χ2v) is 4.60. The molecule has 0 aliphatic rings. The summed E-state index contributed by atoms with van der Waals surface area (Å²) in [7, 11) is 1.84. The van der Waals surface area contributed by atoms with E-state index in [1.807, 2.05) is 25.4 Å². The predicted octanol–water partition coefficient (Wildman–Crippen LogP) is 2.96. The molecule has 0 atom stereocenters. The average Bonchev–Trinajstić information content (AvgIpc) is 2.63. The Kier molecular flexibility index (Phi) is 3.69. The average molecular weight is 211 g/mol. The minimum atomic E-state index is 0.145. The maximum absolute atomic E-state index is 11.9. The Labute approximate surface area is 89.5 Å². The summed E-state index contributed by atoms with van der Waals surface area (Å²) in [5, 5.41) is 1.99. The quantitative estimate of drug-likeness (QED) is 0.752. The monoisotopic (exact) mass is 211 g/mol. The van der Waals surface area contributed by atoms with Crippen molar-refractivity contribution in [2.45, 2.75) is 26.7 Å². The molecule has 1 amide bonds. The van der Waals surface area contributed by atoms with Crippen LogP contribution in [0.25, 0.3) is 0 Å². The van der Waals surface area contributed by atoms with Crippen LogP contribution >= 0.6 is 11.3 Å². The molecule has 0 N–H and O–H groups in total. The number of carbonyl (C=O) groups excluding carboxylic acids is 1. The van der Waals surface area contributed by atoms with Gasteiger partial charge in [-0.3, -0.25) is 4.79 Å². The van der Waals surface area contributed by atoms with Crippen molar-refractivity contribution in [1.82, 2.24) is 4.90 Å². The highest BCUT2D eigenvalue weighted by Gasteiger charge is 2.17. The van der Waals surface area contributed by atoms with E-state index in [1.54, 1.807) is 4.90 Å². The van der Waals surface area contributed by atoms with Gasteiger partial charge in [-0.2, -0.15) is 0 Å². The van der Waals surface area contributed by atoms with E-state index in [-0.39, 0.29) is 5.91 Å². The van der Waals surface area contributed by atoms with Gasteiger partial charge in [-0.1, -0.05) is 13.8 Å². The van der Waals surface area contributed by atoms with Gasteiger partial charge >= 0.3 is 0 Å². The predicted molar refractivity (Wildman–Crippen MR) is 61.0 cm³/mol. The molecule has 14 heavy (non-hydrogen) atoms. The molecule has 0 aliphatic heterocycles. The fraction of sp³-hybridized carbons (Fsp3) is 0.545. The summed E-state index contributed by atoms with van der Waals surface area (Å²) in [6.45, 7) is 6.98. The summed E-state index contributed by atoms with van der Waals surface area (Å²) in [5.74, 6) is 0.566. The van der Waals surface area contributed by atoms with Crippen molar-refractivity contribution in [3.05, 3.63) is 21.9 Å². The summed E-state index contributed by atoms with van der Waals surface area (Å²) < 4.78 is 0. The molecule has 78 valence electrons. The van der Waals surface area contributed by atoms with E-state index < -0.39 is 0 Å². The van der Waals surface area contributed by atoms with E-state index in [2.05, 4.69) is 13.8 Å². The molecular formula is C11H17NOS. The molecule has 0 unspecified atom stereocenters. The topological polar surface area (TPSA) is 20.3 Å². The van der Waals surface area contributed by atoms with Crippen LogP contribution in [-0.2, 0) is 0 Å². The highest BCUT2D eigenvalue weighted by atomic mass is 32.1. The van der Waals surface area contributed by atoms with Crippen molar-refractivity contribution in [3.63, 3.8) is 0 Å². The van der Waals surface area contributed by atoms with E-state index in [0.717, 1.165) is 11.4 Å². The summed E-state index contributed by atoms with van der Waals surface area (Å²) in [6.07, 6.45) is 0. The van der Waals surface area contributed by atoms with Crippen molar-refractivity contribution in [3.8, 4) is 0 Å². The lowest BCUT2D eigenvalue weighted by atomic mass is 10.0. The SMILES string of the molecule is CCN(C)C(=O)c1sccc1C(C)C. The Morgan fingerprint density at radius 2 is 2.21 bits per heavy atom. The van der Waals surface area contributed by atoms with Gasteiger partial charge in [0.2, 0.25) is 0 Å². The third kappa shape index (κ3) is 2.15. The van der Waals surface area contributed by atoms with Crippen LogP contribution in [0.2, 0.25) is 0 Å². The summed E-state index contributed by atoms with van der Waals surface area (Å²) in [5.41, 5.74) is 1.17. The molecular weight excluding hydrogens is 194 g/mol. The van der Waals surface area contributed by atoms with Gasteiger partial charge in [-0.15, -0.1) is 11.3 Å². The minimum absolute atomic E-state index is 0.145. The molecule has 1 aromatic rings. The first-order valence-corrected chi connectivity index (χ1v) is 5.78. The van der Waals surface area contributed by atoms with Crippen molar-refractivity contribution in [2.75, 3.05) is 13.6 Å². The molecule has 0 bridgehead atoms. The summed E-state index contributed by atoms with van der Waals surface area (Å²) >= 11 is 1.54. The molecule has 2 nitrogen and oxygen atoms in total. The third-order valence-electron chi connectivity index (χ3n) is 2.33. The van der Waals surface area contributed by atoms with Crippen LogP contribution in [0.15, 0.2) is 11.4 Å². The molecule has 0 aromatic carbocycles. The Morgan fingerprint density at radius 1 is 1.57 bits per heavy atom. The normalized spacial score (nSPS) is 10.6. The smallest absolute Gasteiger partial charge is 0.263 e. The summed E-state index contributed by atoms with van der Waals surface area (Å²) in [4.78, 5) is 14.5. The molecule has 0 aliphatic carbocycles. The second-order valence-electron chi connectivity index (χ2n) is 3.68. The zero-order valence-corrected chi connectivity index (χ0v) is 10.0. The van der Waals surface area contributed by atoms with Gasteiger partial charge in [0.05, 0.1) is 4.88 Å². The number of nitrogens with zero attached hydrogens (tertiary/aromatic N) is 1. The van der Waals surface area contributed by atoms with E-state index in [0.29, 0.717) is 5.92 Å². The first-order valence-electron chi connectivity index (χ1n) is 4.90. The van der Waals surface area contributed by atoms with Crippen LogP contribution in [0.5, 0.6) is 0 Å². The molecule has 0 saturated carbocycles. The molecule has 1 aromatic heterocycles. The van der Waals surface area contributed by atoms with Gasteiger partial charge in [0.1, 0.15) is 0 Å². The fourth-order valence-corrected chi connectivity index (χ4v) is 2.31. The standard InChI is InChI=1S/C11H17NOS/c1-5-12(4)11(13)10-9(8(2)3)6-7-14-10/h6-8H,5H2,1-4H3. The molecule has 0 fully saturated rings. The largest absolute Gasteiger partial charge is 0.341 e. The minimum Gasteiger partial charge on any atom is -0.341 e. The third-order valence-corrected chi connectivity index (χ3v) is 3.25. The first-order chi connectivity index (χ1) is 6.57. The Hall–Kier alpha value is -0.830. The fourth-order valence-electron chi connectivity index (χ4n) is 1.26. The number of thiophene rings is 1. The van der Waals surface area contributed by atoms with Crippen molar-refractivity contribution >= 4 is 17.2 Å². The van der Waals surface area contributed by atoms with Crippen LogP contribution in [0.4, 0.5) is 0 Å². The number of amides is 1. The molecule has 1 heterocycles. The molecule has 1 rings (SSSR count). The summed E-state index contributed by atoms with van der Waals surface area (Å²) in [6, 6.07) is 2.05. The Bertz CT molecular complexity index is 317. The highest BCUT2D eigenvalue weighted by molar-refractivity contribution is 7.12. The maximum Gasteiger partial charge on any atom is 0.263 e. The zero-order chi connectivity index (χ0) is 10.7. The van der Waals surface area contributed by atoms with Gasteiger partial charge in [-0.05, 0) is 29.9 Å². The molecule has 0 spiro atoms. The van der Waals surface area contributed by atoms with Gasteiger partial charge in [0.25, 0.3) is 5.91 Å². The number of rotatable bonds is 3. The lowest BCUT2D eigenvalue weighted by Gasteiger charge is -2.15.